The topological polar surface area (TPSA) is 137 Å². The molecule has 0 bridgehead atoms. The number of hydrogen-bond acceptors (Lipinski definition) is 6. The molecule has 5 N–H and O–H groups in total. The van der Waals surface area contributed by atoms with E-state index >= 15 is 0 Å². The number of carbonyl (C=O) groups excluding carboxylic acids is 1. The first kappa shape index (κ1) is 22.1. The number of nitrogens with one attached hydrogen (secondary N) is 1. The van der Waals surface area contributed by atoms with E-state index in [-0.39, 0.29) is 18.0 Å². The fourth-order valence-electron chi connectivity index (χ4n) is 3.17. The molecule has 158 valence electrons. The van der Waals surface area contributed by atoms with Gasteiger partial charge in [0.1, 0.15) is 18.6 Å². The van der Waals surface area contributed by atoms with Crippen LogP contribution in [0.3, 0.4) is 0 Å². The van der Waals surface area contributed by atoms with Gasteiger partial charge in [0.15, 0.2) is 11.5 Å². The van der Waals surface area contributed by atoms with Crippen molar-refractivity contribution in [3.8, 4) is 5.75 Å². The Bertz CT molecular complexity index is 819. The summed E-state index contributed by atoms with van der Waals surface area (Å²) in [5.74, 6) is -1.47. The zero-order valence-corrected chi connectivity index (χ0v) is 16.8. The van der Waals surface area contributed by atoms with E-state index in [4.69, 9.17) is 15.6 Å². The van der Waals surface area contributed by atoms with Gasteiger partial charge in [-0.1, -0.05) is 20.3 Å². The average Bonchev–Trinajstić information content (AvgIpc) is 2.69. The first-order valence-corrected chi connectivity index (χ1v) is 9.67. The van der Waals surface area contributed by atoms with Crippen molar-refractivity contribution in [3.63, 3.8) is 0 Å². The molecule has 0 fully saturated rings. The van der Waals surface area contributed by atoms with Gasteiger partial charge in [0.25, 0.3) is 5.91 Å². The van der Waals surface area contributed by atoms with E-state index < -0.39 is 18.4 Å². The Kier molecular flexibility index (Phi) is 7.88. The predicted octanol–water partition coefficient (Wildman–Crippen LogP) is 1.96. The number of aliphatic hydroxyl groups is 1. The number of ether oxygens (including phenoxy) is 1. The number of nitrogens with zero attached hydrogens (tertiary/aromatic N) is 2. The molecule has 0 atom stereocenters. The lowest BCUT2D eigenvalue weighted by molar-refractivity contribution is -0.137. The van der Waals surface area contributed by atoms with Gasteiger partial charge in [0.05, 0.1) is 13.2 Å². The van der Waals surface area contributed by atoms with Crippen LogP contribution in [0.2, 0.25) is 0 Å². The highest BCUT2D eigenvalue weighted by atomic mass is 16.5. The van der Waals surface area contributed by atoms with Crippen LogP contribution in [0.25, 0.3) is 5.76 Å². The number of benzene rings is 1. The molecule has 2 rings (SSSR count). The zero-order chi connectivity index (χ0) is 21.4. The molecule has 0 spiro atoms. The Labute approximate surface area is 169 Å². The number of carbonyl (C=O) groups is 2. The Morgan fingerprint density at radius 2 is 2.10 bits per heavy atom. The molecule has 0 saturated heterocycles. The summed E-state index contributed by atoms with van der Waals surface area (Å²) >= 11 is 0. The van der Waals surface area contributed by atoms with Crippen LogP contribution in [-0.4, -0.2) is 46.6 Å². The molecule has 1 aromatic rings. The van der Waals surface area contributed by atoms with Gasteiger partial charge in [-0.15, -0.1) is 0 Å². The molecular formula is C20H28N4O5. The number of carboxylic acids is 1. The Morgan fingerprint density at radius 3 is 2.72 bits per heavy atom. The van der Waals surface area contributed by atoms with Crippen molar-refractivity contribution in [2.75, 3.05) is 13.2 Å². The van der Waals surface area contributed by atoms with Crippen molar-refractivity contribution in [2.24, 2.45) is 10.8 Å². The molecule has 0 aromatic heterocycles. The van der Waals surface area contributed by atoms with Crippen LogP contribution in [-0.2, 0) is 22.6 Å². The van der Waals surface area contributed by atoms with Crippen molar-refractivity contribution in [3.05, 3.63) is 34.5 Å². The summed E-state index contributed by atoms with van der Waals surface area (Å²) in [6, 6.07) is 3.50. The Hall–Kier alpha value is -3.23. The summed E-state index contributed by atoms with van der Waals surface area (Å²) in [6.45, 7) is 4.32. The minimum atomic E-state index is -1.19. The summed E-state index contributed by atoms with van der Waals surface area (Å²) in [5, 5.41) is 27.2. The number of fused-ring (bicyclic) bond motifs is 1. The van der Waals surface area contributed by atoms with Crippen molar-refractivity contribution in [1.29, 1.82) is 0 Å². The quantitative estimate of drug-likeness (QED) is 0.345. The average molecular weight is 404 g/mol. The molecule has 9 heteroatoms. The second-order valence-corrected chi connectivity index (χ2v) is 6.62. The van der Waals surface area contributed by atoms with Gasteiger partial charge in [-0.2, -0.15) is 5.10 Å². The van der Waals surface area contributed by atoms with Crippen LogP contribution in [0.15, 0.2) is 22.9 Å². The first-order chi connectivity index (χ1) is 13.9. The maximum atomic E-state index is 12.5. The predicted molar refractivity (Wildman–Crippen MR) is 109 cm³/mol. The van der Waals surface area contributed by atoms with Crippen LogP contribution in [0.4, 0.5) is 0 Å². The molecule has 29 heavy (non-hydrogen) atoms. The second-order valence-electron chi connectivity index (χ2n) is 6.62. The van der Waals surface area contributed by atoms with Crippen LogP contribution in [0.1, 0.15) is 49.8 Å². The number of amides is 1. The molecular weight excluding hydrogens is 376 g/mol. The van der Waals surface area contributed by atoms with Gasteiger partial charge in [-0.3, -0.25) is 14.6 Å². The number of hydrazone groups is 1. The third-order valence-corrected chi connectivity index (χ3v) is 4.50. The van der Waals surface area contributed by atoms with E-state index in [1.165, 1.54) is 5.01 Å². The maximum Gasteiger partial charge on any atom is 0.322 e. The Morgan fingerprint density at radius 1 is 1.34 bits per heavy atom. The molecule has 1 aromatic carbocycles. The number of hydrogen-bond donors (Lipinski definition) is 4. The number of aliphatic hydroxyl groups excluding tert-OH is 1. The molecule has 1 amide bonds. The minimum Gasteiger partial charge on any atom is -0.505 e. The van der Waals surface area contributed by atoms with Gasteiger partial charge >= 0.3 is 5.97 Å². The fraction of sp³-hybridized carbons (Fsp3) is 0.450. The summed E-state index contributed by atoms with van der Waals surface area (Å²) in [6.07, 6.45) is 4.58. The highest BCUT2D eigenvalue weighted by Crippen LogP contribution is 2.37. The monoisotopic (exact) mass is 404 g/mol. The standard InChI is InChI=1S/C20H28N4O5/c1-3-5-6-13-15-11-24(23-12-21)18(20(28)22-10-17(25)26)19(27)14(15)7-8-16(13)29-9-4-2/h7-8,12,27H,3-6,9-11H2,1-2H3,(H2,21,23)(H,22,28)(H,25,26). The third kappa shape index (κ3) is 5.18. The highest BCUT2D eigenvalue weighted by Gasteiger charge is 2.32. The van der Waals surface area contributed by atoms with E-state index in [2.05, 4.69) is 17.3 Å². The van der Waals surface area contributed by atoms with Crippen LogP contribution in [0, 0.1) is 0 Å². The molecule has 1 aliphatic rings. The maximum absolute atomic E-state index is 12.5. The van der Waals surface area contributed by atoms with E-state index in [0.29, 0.717) is 12.2 Å². The summed E-state index contributed by atoms with van der Waals surface area (Å²) in [4.78, 5) is 23.3. The smallest absolute Gasteiger partial charge is 0.322 e. The van der Waals surface area contributed by atoms with Crippen molar-refractivity contribution in [2.45, 2.75) is 46.1 Å². The lowest BCUT2D eigenvalue weighted by atomic mass is 9.91. The Balaban J connectivity index is 2.55. The fourth-order valence-corrected chi connectivity index (χ4v) is 3.17. The van der Waals surface area contributed by atoms with Gasteiger partial charge in [-0.25, -0.2) is 0 Å². The third-order valence-electron chi connectivity index (χ3n) is 4.50. The lowest BCUT2D eigenvalue weighted by Crippen LogP contribution is -2.38. The van der Waals surface area contributed by atoms with Crippen molar-refractivity contribution in [1.82, 2.24) is 10.3 Å². The number of rotatable bonds is 10. The normalized spacial score (nSPS) is 13.5. The van der Waals surface area contributed by atoms with E-state index in [1.54, 1.807) is 12.1 Å². The molecule has 0 saturated carbocycles. The molecule has 9 nitrogen and oxygen atoms in total. The number of aliphatic carboxylic acids is 1. The van der Waals surface area contributed by atoms with Gasteiger partial charge in [-0.05, 0) is 42.5 Å². The number of carboxylic acid groups (broad SMARTS) is 1. The van der Waals surface area contributed by atoms with Crippen LogP contribution < -0.4 is 15.8 Å². The molecule has 1 aliphatic heterocycles. The summed E-state index contributed by atoms with van der Waals surface area (Å²) < 4.78 is 5.90. The van der Waals surface area contributed by atoms with Gasteiger partial charge in [0.2, 0.25) is 0 Å². The molecule has 0 unspecified atom stereocenters. The van der Waals surface area contributed by atoms with Crippen molar-refractivity contribution >= 4 is 24.0 Å². The summed E-state index contributed by atoms with van der Waals surface area (Å²) in [5.41, 5.74) is 7.56. The largest absolute Gasteiger partial charge is 0.505 e. The second kappa shape index (κ2) is 10.4. The van der Waals surface area contributed by atoms with E-state index in [0.717, 1.165) is 48.9 Å². The summed E-state index contributed by atoms with van der Waals surface area (Å²) in [7, 11) is 0. The van der Waals surface area contributed by atoms with E-state index in [1.807, 2.05) is 6.92 Å². The van der Waals surface area contributed by atoms with Crippen molar-refractivity contribution < 1.29 is 24.5 Å². The van der Waals surface area contributed by atoms with Gasteiger partial charge in [0, 0.05) is 5.56 Å². The zero-order valence-electron chi connectivity index (χ0n) is 16.8. The van der Waals surface area contributed by atoms with E-state index in [9.17, 15) is 14.7 Å². The highest BCUT2D eigenvalue weighted by molar-refractivity contribution is 6.01. The first-order valence-electron chi connectivity index (χ1n) is 9.67. The molecule has 0 radical (unpaired) electrons. The molecule has 0 aliphatic carbocycles. The molecule has 1 heterocycles. The van der Waals surface area contributed by atoms with Crippen LogP contribution in [0.5, 0.6) is 5.75 Å². The minimum absolute atomic E-state index is 0.149. The number of unbranched alkanes of at least 4 members (excludes halogenated alkanes) is 1. The van der Waals surface area contributed by atoms with Crippen LogP contribution >= 0.6 is 0 Å². The van der Waals surface area contributed by atoms with Gasteiger partial charge < -0.3 is 26.0 Å². The lowest BCUT2D eigenvalue weighted by Gasteiger charge is -2.30. The number of nitrogens with two attached hydrogens (primary N) is 1. The SMILES string of the molecule is CCCCc1c(OCCC)ccc2c1CN(/N=C\N)C(C(=O)NCC(=O)O)=C2O.